The first-order valence-corrected chi connectivity index (χ1v) is 6.96. The molecule has 0 aliphatic heterocycles. The van der Waals surface area contributed by atoms with Gasteiger partial charge in [0.15, 0.2) is 0 Å². The first-order chi connectivity index (χ1) is 9.69. The fourth-order valence-corrected chi connectivity index (χ4v) is 1.81. The van der Waals surface area contributed by atoms with Crippen molar-refractivity contribution in [1.29, 1.82) is 0 Å². The van der Waals surface area contributed by atoms with Crippen LogP contribution in [0.1, 0.15) is 18.9 Å². The molecule has 3 nitrogen and oxygen atoms in total. The first kappa shape index (κ1) is 14.5. The number of halogens is 1. The summed E-state index contributed by atoms with van der Waals surface area (Å²) in [6, 6.07) is 13.0. The normalized spacial score (nSPS) is 10.3. The Morgan fingerprint density at radius 1 is 1.05 bits per heavy atom. The molecule has 0 fully saturated rings. The Bertz CT molecular complexity index is 555. The minimum Gasteiger partial charge on any atom is -0.491 e. The van der Waals surface area contributed by atoms with Gasteiger partial charge < -0.3 is 15.2 Å². The molecule has 0 atom stereocenters. The summed E-state index contributed by atoms with van der Waals surface area (Å²) >= 11 is 5.84. The van der Waals surface area contributed by atoms with Crippen molar-refractivity contribution in [2.75, 3.05) is 12.3 Å². The monoisotopic (exact) mass is 291 g/mol. The van der Waals surface area contributed by atoms with Gasteiger partial charge in [-0.2, -0.15) is 0 Å². The maximum absolute atomic E-state index is 5.86. The van der Waals surface area contributed by atoms with E-state index in [9.17, 15) is 0 Å². The van der Waals surface area contributed by atoms with Crippen LogP contribution in [-0.2, 0) is 6.61 Å². The average molecular weight is 292 g/mol. The maximum atomic E-state index is 5.86. The highest BCUT2D eigenvalue weighted by atomic mass is 35.5. The molecule has 0 unspecified atom stereocenters. The summed E-state index contributed by atoms with van der Waals surface area (Å²) in [4.78, 5) is 0. The molecule has 0 bridgehead atoms. The van der Waals surface area contributed by atoms with E-state index < -0.39 is 0 Å². The van der Waals surface area contributed by atoms with E-state index in [4.69, 9.17) is 26.8 Å². The molecule has 2 rings (SSSR count). The standard InChI is InChI=1S/C16H18ClNO2/c1-2-9-19-16-10-14(7-8-15(16)18)20-11-12-3-5-13(17)6-4-12/h3-8,10H,2,9,11,18H2,1H3. The largest absolute Gasteiger partial charge is 0.491 e. The van der Waals surface area contributed by atoms with Crippen LogP contribution in [0, 0.1) is 0 Å². The lowest BCUT2D eigenvalue weighted by Gasteiger charge is -2.11. The third kappa shape index (κ3) is 4.07. The Labute approximate surface area is 124 Å². The number of hydrogen-bond donors (Lipinski definition) is 1. The van der Waals surface area contributed by atoms with Gasteiger partial charge in [0.25, 0.3) is 0 Å². The van der Waals surface area contributed by atoms with Crippen molar-refractivity contribution in [2.24, 2.45) is 0 Å². The van der Waals surface area contributed by atoms with E-state index in [1.165, 1.54) is 0 Å². The molecule has 0 spiro atoms. The molecule has 0 aliphatic carbocycles. The van der Waals surface area contributed by atoms with E-state index in [0.29, 0.717) is 24.7 Å². The topological polar surface area (TPSA) is 44.5 Å². The molecular formula is C16H18ClNO2. The highest BCUT2D eigenvalue weighted by molar-refractivity contribution is 6.30. The van der Waals surface area contributed by atoms with Crippen LogP contribution >= 0.6 is 11.6 Å². The van der Waals surface area contributed by atoms with Crippen molar-refractivity contribution in [3.05, 3.63) is 53.1 Å². The molecule has 2 N–H and O–H groups in total. The van der Waals surface area contributed by atoms with E-state index in [2.05, 4.69) is 6.92 Å². The van der Waals surface area contributed by atoms with Crippen LogP contribution in [0.3, 0.4) is 0 Å². The molecule has 4 heteroatoms. The van der Waals surface area contributed by atoms with Crippen molar-refractivity contribution in [1.82, 2.24) is 0 Å². The predicted molar refractivity (Wildman–Crippen MR) is 82.4 cm³/mol. The number of nitrogens with two attached hydrogens (primary N) is 1. The molecule has 0 aliphatic rings. The lowest BCUT2D eigenvalue weighted by molar-refractivity contribution is 0.295. The number of nitrogen functional groups attached to an aromatic ring is 1. The second kappa shape index (κ2) is 7.06. The Morgan fingerprint density at radius 2 is 1.80 bits per heavy atom. The van der Waals surface area contributed by atoms with Gasteiger partial charge in [-0.05, 0) is 36.2 Å². The van der Waals surface area contributed by atoms with E-state index in [0.717, 1.165) is 22.8 Å². The lowest BCUT2D eigenvalue weighted by Crippen LogP contribution is -2.00. The second-order valence-electron chi connectivity index (χ2n) is 4.46. The minimum absolute atomic E-state index is 0.480. The highest BCUT2D eigenvalue weighted by Gasteiger charge is 2.03. The van der Waals surface area contributed by atoms with Crippen LogP contribution in [0.5, 0.6) is 11.5 Å². The Hall–Kier alpha value is -1.87. The maximum Gasteiger partial charge on any atom is 0.145 e. The highest BCUT2D eigenvalue weighted by Crippen LogP contribution is 2.27. The number of rotatable bonds is 6. The van der Waals surface area contributed by atoms with Gasteiger partial charge in [-0.3, -0.25) is 0 Å². The van der Waals surface area contributed by atoms with Crippen LogP contribution in [0.2, 0.25) is 5.02 Å². The summed E-state index contributed by atoms with van der Waals surface area (Å²) in [6.45, 7) is 3.18. The summed E-state index contributed by atoms with van der Waals surface area (Å²) in [5.41, 5.74) is 7.54. The van der Waals surface area contributed by atoms with Crippen molar-refractivity contribution in [3.8, 4) is 11.5 Å². The zero-order valence-electron chi connectivity index (χ0n) is 11.4. The van der Waals surface area contributed by atoms with Crippen molar-refractivity contribution < 1.29 is 9.47 Å². The summed E-state index contributed by atoms with van der Waals surface area (Å²) in [5, 5.41) is 0.719. The Kier molecular flexibility index (Phi) is 5.13. The quantitative estimate of drug-likeness (QED) is 0.808. The Balaban J connectivity index is 2.00. The molecule has 0 radical (unpaired) electrons. The molecule has 20 heavy (non-hydrogen) atoms. The molecule has 0 amide bonds. The molecule has 0 saturated carbocycles. The number of ether oxygens (including phenoxy) is 2. The zero-order valence-corrected chi connectivity index (χ0v) is 12.2. The molecule has 0 heterocycles. The number of hydrogen-bond acceptors (Lipinski definition) is 3. The van der Waals surface area contributed by atoms with Gasteiger partial charge in [-0.1, -0.05) is 30.7 Å². The van der Waals surface area contributed by atoms with Crippen LogP contribution in [-0.4, -0.2) is 6.61 Å². The summed E-state index contributed by atoms with van der Waals surface area (Å²) in [6.07, 6.45) is 0.940. The Morgan fingerprint density at radius 3 is 2.50 bits per heavy atom. The molecule has 2 aromatic rings. The smallest absolute Gasteiger partial charge is 0.145 e. The molecule has 0 aromatic heterocycles. The van der Waals surface area contributed by atoms with Crippen LogP contribution < -0.4 is 15.2 Å². The van der Waals surface area contributed by atoms with Crippen molar-refractivity contribution in [2.45, 2.75) is 20.0 Å². The first-order valence-electron chi connectivity index (χ1n) is 6.58. The molecule has 2 aromatic carbocycles. The third-order valence-electron chi connectivity index (χ3n) is 2.77. The van der Waals surface area contributed by atoms with E-state index in [1.54, 1.807) is 6.07 Å². The van der Waals surface area contributed by atoms with Crippen LogP contribution in [0.4, 0.5) is 5.69 Å². The fraction of sp³-hybridized carbons (Fsp3) is 0.250. The van der Waals surface area contributed by atoms with Gasteiger partial charge in [0, 0.05) is 11.1 Å². The zero-order chi connectivity index (χ0) is 14.4. The van der Waals surface area contributed by atoms with E-state index >= 15 is 0 Å². The van der Waals surface area contributed by atoms with Gasteiger partial charge in [0.1, 0.15) is 18.1 Å². The second-order valence-corrected chi connectivity index (χ2v) is 4.90. The number of benzene rings is 2. The summed E-state index contributed by atoms with van der Waals surface area (Å²) < 4.78 is 11.3. The predicted octanol–water partition coefficient (Wildman–Crippen LogP) is 4.29. The van der Waals surface area contributed by atoms with Crippen LogP contribution in [0.15, 0.2) is 42.5 Å². The van der Waals surface area contributed by atoms with Crippen molar-refractivity contribution in [3.63, 3.8) is 0 Å². The van der Waals surface area contributed by atoms with Gasteiger partial charge >= 0.3 is 0 Å². The van der Waals surface area contributed by atoms with E-state index in [1.807, 2.05) is 36.4 Å². The fourth-order valence-electron chi connectivity index (χ4n) is 1.69. The van der Waals surface area contributed by atoms with Crippen molar-refractivity contribution >= 4 is 17.3 Å². The lowest BCUT2D eigenvalue weighted by atomic mass is 10.2. The summed E-state index contributed by atoms with van der Waals surface area (Å²) in [5.74, 6) is 1.40. The molecule has 0 saturated heterocycles. The van der Waals surface area contributed by atoms with Gasteiger partial charge in [0.05, 0.1) is 12.3 Å². The SMILES string of the molecule is CCCOc1cc(OCc2ccc(Cl)cc2)ccc1N. The average Bonchev–Trinajstić information content (AvgIpc) is 2.46. The van der Waals surface area contributed by atoms with Crippen LogP contribution in [0.25, 0.3) is 0 Å². The van der Waals surface area contributed by atoms with Gasteiger partial charge in [-0.15, -0.1) is 0 Å². The molecule has 106 valence electrons. The third-order valence-corrected chi connectivity index (χ3v) is 3.02. The van der Waals surface area contributed by atoms with Gasteiger partial charge in [0.2, 0.25) is 0 Å². The summed E-state index contributed by atoms with van der Waals surface area (Å²) in [7, 11) is 0. The minimum atomic E-state index is 0.480. The molecular weight excluding hydrogens is 274 g/mol. The number of anilines is 1. The van der Waals surface area contributed by atoms with E-state index in [-0.39, 0.29) is 0 Å². The van der Waals surface area contributed by atoms with Gasteiger partial charge in [-0.25, -0.2) is 0 Å².